The zero-order chi connectivity index (χ0) is 7.82. The van der Waals surface area contributed by atoms with E-state index in [4.69, 9.17) is 0 Å². The van der Waals surface area contributed by atoms with Crippen molar-refractivity contribution in [3.05, 3.63) is 0 Å². The van der Waals surface area contributed by atoms with Gasteiger partial charge in [-0.3, -0.25) is 4.79 Å². The van der Waals surface area contributed by atoms with E-state index in [9.17, 15) is 4.79 Å². The highest BCUT2D eigenvalue weighted by Crippen LogP contribution is 1.83. The van der Waals surface area contributed by atoms with Crippen molar-refractivity contribution in [2.45, 2.75) is 26.7 Å². The van der Waals surface area contributed by atoms with Crippen LogP contribution in [-0.4, -0.2) is 12.5 Å². The Morgan fingerprint density at radius 3 is 2.80 bits per heavy atom. The molecule has 0 saturated carbocycles. The third-order valence-corrected chi connectivity index (χ3v) is 1.03. The second-order valence-corrected chi connectivity index (χ2v) is 1.95. The zero-order valence-corrected chi connectivity index (χ0v) is 6.53. The monoisotopic (exact) mass is 139 g/mol. The van der Waals surface area contributed by atoms with E-state index < -0.39 is 0 Å². The molecule has 56 valence electrons. The normalized spacial score (nSPS) is 7.80. The Balaban J connectivity index is 3.27. The molecule has 1 amide bonds. The van der Waals surface area contributed by atoms with Gasteiger partial charge in [0.05, 0.1) is 6.54 Å². The highest BCUT2D eigenvalue weighted by atomic mass is 16.1. The summed E-state index contributed by atoms with van der Waals surface area (Å²) in [6.07, 6.45) is 1.50. The minimum atomic E-state index is 0.0882. The number of carbonyl (C=O) groups is 1. The predicted octanol–water partition coefficient (Wildman–Crippen LogP) is 0.926. The van der Waals surface area contributed by atoms with Crippen LogP contribution in [0.1, 0.15) is 26.7 Å². The van der Waals surface area contributed by atoms with Crippen molar-refractivity contribution >= 4 is 5.91 Å². The first-order valence-corrected chi connectivity index (χ1v) is 3.47. The molecule has 0 aromatic carbocycles. The minimum absolute atomic E-state index is 0.0882. The van der Waals surface area contributed by atoms with E-state index in [1.54, 1.807) is 6.92 Å². The van der Waals surface area contributed by atoms with Crippen molar-refractivity contribution < 1.29 is 4.79 Å². The van der Waals surface area contributed by atoms with Gasteiger partial charge in [-0.1, -0.05) is 12.8 Å². The van der Waals surface area contributed by atoms with Gasteiger partial charge in [0, 0.05) is 6.42 Å². The summed E-state index contributed by atoms with van der Waals surface area (Å²) in [6, 6.07) is 0. The lowest BCUT2D eigenvalue weighted by Gasteiger charge is -1.96. The lowest BCUT2D eigenvalue weighted by atomic mass is 10.3. The van der Waals surface area contributed by atoms with Crippen LogP contribution in [0.25, 0.3) is 0 Å². The third-order valence-electron chi connectivity index (χ3n) is 1.03. The highest BCUT2D eigenvalue weighted by molar-refractivity contribution is 5.75. The van der Waals surface area contributed by atoms with Gasteiger partial charge in [0.15, 0.2) is 0 Å². The average molecular weight is 139 g/mol. The van der Waals surface area contributed by atoms with Crippen LogP contribution >= 0.6 is 0 Å². The minimum Gasteiger partial charge on any atom is -0.345 e. The van der Waals surface area contributed by atoms with E-state index in [0.717, 1.165) is 6.42 Å². The van der Waals surface area contributed by atoms with Crippen molar-refractivity contribution in [1.29, 1.82) is 0 Å². The van der Waals surface area contributed by atoms with Gasteiger partial charge in [0.25, 0.3) is 0 Å². The van der Waals surface area contributed by atoms with E-state index in [0.29, 0.717) is 13.0 Å². The Morgan fingerprint density at radius 2 is 2.30 bits per heavy atom. The van der Waals surface area contributed by atoms with Crippen LogP contribution in [0.5, 0.6) is 0 Å². The van der Waals surface area contributed by atoms with Crippen LogP contribution in [0.15, 0.2) is 0 Å². The molecule has 0 aromatic heterocycles. The molecule has 0 aromatic rings. The molecule has 0 radical (unpaired) electrons. The van der Waals surface area contributed by atoms with Gasteiger partial charge < -0.3 is 5.32 Å². The first-order chi connectivity index (χ1) is 4.81. The molecule has 0 rings (SSSR count). The molecule has 0 aliphatic rings. The van der Waals surface area contributed by atoms with Gasteiger partial charge in [-0.25, -0.2) is 0 Å². The topological polar surface area (TPSA) is 29.1 Å². The van der Waals surface area contributed by atoms with Gasteiger partial charge in [0.2, 0.25) is 5.91 Å². The van der Waals surface area contributed by atoms with Crippen LogP contribution in [0.4, 0.5) is 0 Å². The molecule has 0 spiro atoms. The SMILES string of the molecule is CC#CCNC(=O)CCC. The molecule has 0 atom stereocenters. The maximum Gasteiger partial charge on any atom is 0.220 e. The molecule has 0 aliphatic carbocycles. The maximum absolute atomic E-state index is 10.7. The van der Waals surface area contributed by atoms with E-state index in [1.165, 1.54) is 0 Å². The molecular formula is C8H13NO. The van der Waals surface area contributed by atoms with Crippen LogP contribution < -0.4 is 5.32 Å². The van der Waals surface area contributed by atoms with E-state index >= 15 is 0 Å². The Kier molecular flexibility index (Phi) is 5.56. The summed E-state index contributed by atoms with van der Waals surface area (Å²) in [5, 5.41) is 2.67. The fourth-order valence-corrected chi connectivity index (χ4v) is 0.547. The van der Waals surface area contributed by atoms with Crippen molar-refractivity contribution in [2.75, 3.05) is 6.54 Å². The zero-order valence-electron chi connectivity index (χ0n) is 6.53. The number of hydrogen-bond acceptors (Lipinski definition) is 1. The summed E-state index contributed by atoms with van der Waals surface area (Å²) in [7, 11) is 0. The molecule has 0 fully saturated rings. The van der Waals surface area contributed by atoms with Gasteiger partial charge in [0.1, 0.15) is 0 Å². The fraction of sp³-hybridized carbons (Fsp3) is 0.625. The summed E-state index contributed by atoms with van der Waals surface area (Å²) in [4.78, 5) is 10.7. The first-order valence-electron chi connectivity index (χ1n) is 3.47. The van der Waals surface area contributed by atoms with Crippen LogP contribution in [0.3, 0.4) is 0 Å². The van der Waals surface area contributed by atoms with Crippen LogP contribution in [0, 0.1) is 11.8 Å². The van der Waals surface area contributed by atoms with Gasteiger partial charge in [-0.05, 0) is 13.3 Å². The molecule has 0 saturated heterocycles. The van der Waals surface area contributed by atoms with E-state index in [-0.39, 0.29) is 5.91 Å². The molecule has 2 nitrogen and oxygen atoms in total. The maximum atomic E-state index is 10.7. The molecule has 0 heterocycles. The van der Waals surface area contributed by atoms with Crippen LogP contribution in [-0.2, 0) is 4.79 Å². The number of carbonyl (C=O) groups excluding carboxylic acids is 1. The number of amides is 1. The first kappa shape index (κ1) is 9.03. The third kappa shape index (κ3) is 5.17. The standard InChI is InChI=1S/C8H13NO/c1-3-5-7-9-8(10)6-4-2/h4,6-7H2,1-2H3,(H,9,10). The second-order valence-electron chi connectivity index (χ2n) is 1.95. The number of hydrogen-bond donors (Lipinski definition) is 1. The molecule has 0 bridgehead atoms. The Labute approximate surface area is 62.0 Å². The molecule has 0 aliphatic heterocycles. The second kappa shape index (κ2) is 6.15. The molecule has 2 heteroatoms. The Morgan fingerprint density at radius 1 is 1.60 bits per heavy atom. The summed E-state index contributed by atoms with van der Waals surface area (Å²) in [6.45, 7) is 4.21. The number of rotatable bonds is 3. The molecular weight excluding hydrogens is 126 g/mol. The predicted molar refractivity (Wildman–Crippen MR) is 41.4 cm³/mol. The highest BCUT2D eigenvalue weighted by Gasteiger charge is 1.93. The van der Waals surface area contributed by atoms with Gasteiger partial charge in [-0.2, -0.15) is 0 Å². The largest absolute Gasteiger partial charge is 0.345 e. The summed E-state index contributed by atoms with van der Waals surface area (Å²) in [5.74, 6) is 5.54. The van der Waals surface area contributed by atoms with Gasteiger partial charge in [-0.15, -0.1) is 5.92 Å². The average Bonchev–Trinajstić information content (AvgIpc) is 1.89. The summed E-state index contributed by atoms with van der Waals surface area (Å²) < 4.78 is 0. The van der Waals surface area contributed by atoms with Crippen molar-refractivity contribution in [3.8, 4) is 11.8 Å². The summed E-state index contributed by atoms with van der Waals surface area (Å²) in [5.41, 5.74) is 0. The lowest BCUT2D eigenvalue weighted by Crippen LogP contribution is -2.22. The smallest absolute Gasteiger partial charge is 0.220 e. The molecule has 1 N–H and O–H groups in total. The van der Waals surface area contributed by atoms with Crippen molar-refractivity contribution in [2.24, 2.45) is 0 Å². The van der Waals surface area contributed by atoms with Crippen molar-refractivity contribution in [1.82, 2.24) is 5.32 Å². The van der Waals surface area contributed by atoms with Gasteiger partial charge >= 0.3 is 0 Å². The lowest BCUT2D eigenvalue weighted by molar-refractivity contribution is -0.120. The molecule has 0 unspecified atom stereocenters. The fourth-order valence-electron chi connectivity index (χ4n) is 0.547. The Bertz CT molecular complexity index is 152. The molecule has 10 heavy (non-hydrogen) atoms. The quantitative estimate of drug-likeness (QED) is 0.579. The van der Waals surface area contributed by atoms with Crippen molar-refractivity contribution in [3.63, 3.8) is 0 Å². The number of nitrogens with one attached hydrogen (secondary N) is 1. The Hall–Kier alpha value is -0.970. The van der Waals surface area contributed by atoms with E-state index in [1.807, 2.05) is 6.92 Å². The van der Waals surface area contributed by atoms with Crippen LogP contribution in [0.2, 0.25) is 0 Å². The van der Waals surface area contributed by atoms with E-state index in [2.05, 4.69) is 17.2 Å². The summed E-state index contributed by atoms with van der Waals surface area (Å²) >= 11 is 0.